The summed E-state index contributed by atoms with van der Waals surface area (Å²) in [6.45, 7) is 1.97. The lowest BCUT2D eigenvalue weighted by Crippen LogP contribution is -2.42. The molecule has 1 amide bonds. The molecule has 3 N–H and O–H groups in total. The molecule has 0 spiro atoms. The van der Waals surface area contributed by atoms with Gasteiger partial charge in [0.1, 0.15) is 0 Å². The highest BCUT2D eigenvalue weighted by Crippen LogP contribution is 2.47. The molecule has 1 aromatic heterocycles. The Labute approximate surface area is 131 Å². The van der Waals surface area contributed by atoms with Crippen molar-refractivity contribution >= 4 is 36.4 Å². The Hall–Kier alpha value is -0.840. The summed E-state index contributed by atoms with van der Waals surface area (Å²) in [6.07, 6.45) is 6.91. The fraction of sp³-hybridized carbons (Fsp3) is 0.571. The highest BCUT2D eigenvalue weighted by atomic mass is 35.5. The van der Waals surface area contributed by atoms with Gasteiger partial charge in [0, 0.05) is 12.2 Å². The third-order valence-corrected chi connectivity index (χ3v) is 4.58. The standard InChI is InChI=1S/C14H19N3O.2ClH/c1-8-4-5-16-7-11(8)17-14(18)12-9-2-3-10(6-9)13(12)15;;/h4-5,7,9-10,12-13H,2-3,6,15H2,1H3,(H,17,18);2*1H. The SMILES string of the molecule is Cc1ccncc1NC(=O)C1C2CCC(C2)C1N.Cl.Cl. The first kappa shape index (κ1) is 17.2. The number of rotatable bonds is 2. The number of halogens is 2. The van der Waals surface area contributed by atoms with Crippen LogP contribution in [0.3, 0.4) is 0 Å². The minimum Gasteiger partial charge on any atom is -0.327 e. The van der Waals surface area contributed by atoms with Crippen molar-refractivity contribution in [2.45, 2.75) is 32.2 Å². The van der Waals surface area contributed by atoms with Crippen LogP contribution in [0.4, 0.5) is 5.69 Å². The van der Waals surface area contributed by atoms with Gasteiger partial charge < -0.3 is 11.1 Å². The summed E-state index contributed by atoms with van der Waals surface area (Å²) in [5.41, 5.74) is 8.02. The van der Waals surface area contributed by atoms with Gasteiger partial charge in [-0.1, -0.05) is 0 Å². The van der Waals surface area contributed by atoms with E-state index >= 15 is 0 Å². The second-order valence-corrected chi connectivity index (χ2v) is 5.62. The maximum Gasteiger partial charge on any atom is 0.229 e. The van der Waals surface area contributed by atoms with Crippen molar-refractivity contribution in [1.82, 2.24) is 4.98 Å². The van der Waals surface area contributed by atoms with Crippen molar-refractivity contribution in [3.63, 3.8) is 0 Å². The molecule has 1 aromatic rings. The third-order valence-electron chi connectivity index (χ3n) is 4.58. The topological polar surface area (TPSA) is 68.0 Å². The highest BCUT2D eigenvalue weighted by molar-refractivity contribution is 5.94. The predicted octanol–water partition coefficient (Wildman–Crippen LogP) is 2.55. The Bertz CT molecular complexity index is 481. The number of carbonyl (C=O) groups is 1. The second kappa shape index (κ2) is 6.74. The van der Waals surface area contributed by atoms with Crippen LogP contribution < -0.4 is 11.1 Å². The molecule has 4 nitrogen and oxygen atoms in total. The van der Waals surface area contributed by atoms with Crippen molar-refractivity contribution in [3.8, 4) is 0 Å². The van der Waals surface area contributed by atoms with Gasteiger partial charge in [-0.05, 0) is 49.7 Å². The molecule has 2 aliphatic rings. The molecule has 0 saturated heterocycles. The molecule has 4 atom stereocenters. The van der Waals surface area contributed by atoms with Gasteiger partial charge in [-0.2, -0.15) is 0 Å². The van der Waals surface area contributed by atoms with Crippen LogP contribution in [0, 0.1) is 24.7 Å². The summed E-state index contributed by atoms with van der Waals surface area (Å²) >= 11 is 0. The quantitative estimate of drug-likeness (QED) is 0.880. The van der Waals surface area contributed by atoms with Crippen LogP contribution in [-0.2, 0) is 4.79 Å². The van der Waals surface area contributed by atoms with Gasteiger partial charge in [0.15, 0.2) is 0 Å². The van der Waals surface area contributed by atoms with Crippen LogP contribution in [0.1, 0.15) is 24.8 Å². The summed E-state index contributed by atoms with van der Waals surface area (Å²) < 4.78 is 0. The summed E-state index contributed by atoms with van der Waals surface area (Å²) in [6, 6.07) is 1.94. The van der Waals surface area contributed by atoms with Gasteiger partial charge in [0.05, 0.1) is 17.8 Å². The maximum absolute atomic E-state index is 12.3. The molecular weight excluding hydrogens is 297 g/mol. The number of pyridine rings is 1. The average Bonchev–Trinajstić information content (AvgIpc) is 2.92. The van der Waals surface area contributed by atoms with Crippen LogP contribution in [0.15, 0.2) is 18.5 Å². The normalized spacial score (nSPS) is 30.3. The van der Waals surface area contributed by atoms with E-state index in [0.29, 0.717) is 11.8 Å². The van der Waals surface area contributed by atoms with E-state index in [2.05, 4.69) is 10.3 Å². The maximum atomic E-state index is 12.3. The fourth-order valence-corrected chi connectivity index (χ4v) is 3.54. The molecule has 0 radical (unpaired) electrons. The van der Waals surface area contributed by atoms with Crippen molar-refractivity contribution in [1.29, 1.82) is 0 Å². The molecule has 2 saturated carbocycles. The first-order valence-electron chi connectivity index (χ1n) is 6.64. The first-order chi connectivity index (χ1) is 8.66. The zero-order chi connectivity index (χ0) is 12.7. The van der Waals surface area contributed by atoms with E-state index in [1.807, 2.05) is 13.0 Å². The molecular formula is C14H21Cl2N3O. The fourth-order valence-electron chi connectivity index (χ4n) is 3.54. The monoisotopic (exact) mass is 317 g/mol. The Kier molecular flexibility index (Phi) is 5.80. The molecule has 6 heteroatoms. The number of amides is 1. The summed E-state index contributed by atoms with van der Waals surface area (Å²) in [7, 11) is 0. The van der Waals surface area contributed by atoms with Crippen LogP contribution in [0.2, 0.25) is 0 Å². The number of nitrogens with zero attached hydrogens (tertiary/aromatic N) is 1. The molecule has 4 unspecified atom stereocenters. The molecule has 20 heavy (non-hydrogen) atoms. The molecule has 112 valence electrons. The van der Waals surface area contributed by atoms with Gasteiger partial charge in [0.2, 0.25) is 5.91 Å². The van der Waals surface area contributed by atoms with E-state index in [4.69, 9.17) is 5.73 Å². The number of carbonyl (C=O) groups excluding carboxylic acids is 1. The van der Waals surface area contributed by atoms with Crippen molar-refractivity contribution in [2.24, 2.45) is 23.5 Å². The Morgan fingerprint density at radius 3 is 2.65 bits per heavy atom. The number of nitrogens with two attached hydrogens (primary N) is 1. The number of hydrogen-bond acceptors (Lipinski definition) is 3. The lowest BCUT2D eigenvalue weighted by molar-refractivity contribution is -0.121. The zero-order valence-electron chi connectivity index (χ0n) is 11.4. The predicted molar refractivity (Wildman–Crippen MR) is 84.4 cm³/mol. The molecule has 3 rings (SSSR count). The lowest BCUT2D eigenvalue weighted by Gasteiger charge is -2.27. The summed E-state index contributed by atoms with van der Waals surface area (Å²) in [5, 5.41) is 2.99. The number of hydrogen-bond donors (Lipinski definition) is 2. The van der Waals surface area contributed by atoms with Crippen LogP contribution in [0.5, 0.6) is 0 Å². The van der Waals surface area contributed by atoms with Gasteiger partial charge >= 0.3 is 0 Å². The average molecular weight is 318 g/mol. The van der Waals surface area contributed by atoms with E-state index in [0.717, 1.165) is 24.1 Å². The Balaban J connectivity index is 0.000001000. The van der Waals surface area contributed by atoms with Crippen LogP contribution >= 0.6 is 24.8 Å². The van der Waals surface area contributed by atoms with E-state index in [1.165, 1.54) is 6.42 Å². The zero-order valence-corrected chi connectivity index (χ0v) is 13.0. The molecule has 0 aliphatic heterocycles. The molecule has 2 aliphatic carbocycles. The van der Waals surface area contributed by atoms with Gasteiger partial charge in [-0.3, -0.25) is 9.78 Å². The number of nitrogens with one attached hydrogen (secondary N) is 1. The third kappa shape index (κ3) is 2.92. The van der Waals surface area contributed by atoms with Gasteiger partial charge in [0.25, 0.3) is 0 Å². The Morgan fingerprint density at radius 2 is 2.05 bits per heavy atom. The minimum absolute atomic E-state index is 0. The number of aryl methyl sites for hydroxylation is 1. The number of aromatic nitrogens is 1. The smallest absolute Gasteiger partial charge is 0.229 e. The summed E-state index contributed by atoms with van der Waals surface area (Å²) in [5.74, 6) is 1.11. The second-order valence-electron chi connectivity index (χ2n) is 5.62. The van der Waals surface area contributed by atoms with Crippen molar-refractivity contribution in [3.05, 3.63) is 24.0 Å². The molecule has 0 aromatic carbocycles. The first-order valence-corrected chi connectivity index (χ1v) is 6.64. The highest BCUT2D eigenvalue weighted by Gasteiger charge is 2.49. The molecule has 1 heterocycles. The van der Waals surface area contributed by atoms with E-state index in [1.54, 1.807) is 12.4 Å². The van der Waals surface area contributed by atoms with E-state index in [-0.39, 0.29) is 42.7 Å². The van der Waals surface area contributed by atoms with E-state index in [9.17, 15) is 4.79 Å². The minimum atomic E-state index is -0.0108. The largest absolute Gasteiger partial charge is 0.327 e. The number of fused-ring (bicyclic) bond motifs is 2. The van der Waals surface area contributed by atoms with E-state index < -0.39 is 0 Å². The van der Waals surface area contributed by atoms with Crippen LogP contribution in [0.25, 0.3) is 0 Å². The number of anilines is 1. The molecule has 2 bridgehead atoms. The summed E-state index contributed by atoms with van der Waals surface area (Å²) in [4.78, 5) is 16.4. The van der Waals surface area contributed by atoms with Crippen LogP contribution in [-0.4, -0.2) is 16.9 Å². The van der Waals surface area contributed by atoms with Crippen molar-refractivity contribution < 1.29 is 4.79 Å². The molecule has 2 fully saturated rings. The van der Waals surface area contributed by atoms with Crippen molar-refractivity contribution in [2.75, 3.05) is 5.32 Å². The lowest BCUT2D eigenvalue weighted by atomic mass is 9.84. The van der Waals surface area contributed by atoms with Gasteiger partial charge in [-0.25, -0.2) is 0 Å². The van der Waals surface area contributed by atoms with Gasteiger partial charge in [-0.15, -0.1) is 24.8 Å². The Morgan fingerprint density at radius 1 is 1.35 bits per heavy atom.